The molecular weight excluding hydrogens is 464 g/mol. The van der Waals surface area contributed by atoms with Gasteiger partial charge in [-0.2, -0.15) is 10.2 Å². The van der Waals surface area contributed by atoms with E-state index in [1.165, 1.54) is 0 Å². The van der Waals surface area contributed by atoms with Gasteiger partial charge in [0.1, 0.15) is 33.7 Å². The van der Waals surface area contributed by atoms with E-state index >= 15 is 0 Å². The van der Waals surface area contributed by atoms with Gasteiger partial charge in [0, 0.05) is 22.9 Å². The van der Waals surface area contributed by atoms with Gasteiger partial charge in [0.25, 0.3) is 0 Å². The first-order valence-electron chi connectivity index (χ1n) is 11.9. The van der Waals surface area contributed by atoms with Crippen LogP contribution in [-0.2, 0) is 0 Å². The van der Waals surface area contributed by atoms with Crippen LogP contribution in [0.3, 0.4) is 0 Å². The summed E-state index contributed by atoms with van der Waals surface area (Å²) in [4.78, 5) is 0. The SMILES string of the molecule is c1cc(Oc2cccc(-n3ncc4oc5ccccc5c43)c2)cc(-n2ncc3oc4ccccc4c32)c1. The lowest BCUT2D eigenvalue weighted by molar-refractivity contribution is 0.482. The van der Waals surface area contributed by atoms with Crippen LogP contribution in [0.4, 0.5) is 0 Å². The first-order chi connectivity index (χ1) is 18.3. The van der Waals surface area contributed by atoms with E-state index in [0.29, 0.717) is 11.5 Å². The van der Waals surface area contributed by atoms with Crippen molar-refractivity contribution in [2.24, 2.45) is 0 Å². The van der Waals surface area contributed by atoms with Crippen molar-refractivity contribution in [2.75, 3.05) is 0 Å². The van der Waals surface area contributed by atoms with Crippen molar-refractivity contribution in [1.82, 2.24) is 19.6 Å². The predicted molar refractivity (Wildman–Crippen MR) is 142 cm³/mol. The van der Waals surface area contributed by atoms with E-state index in [-0.39, 0.29) is 0 Å². The lowest BCUT2D eigenvalue weighted by atomic mass is 10.2. The maximum Gasteiger partial charge on any atom is 0.173 e. The Morgan fingerprint density at radius 2 is 1.00 bits per heavy atom. The van der Waals surface area contributed by atoms with Crippen molar-refractivity contribution in [1.29, 1.82) is 0 Å². The van der Waals surface area contributed by atoms with E-state index in [1.54, 1.807) is 12.4 Å². The van der Waals surface area contributed by atoms with E-state index in [4.69, 9.17) is 13.6 Å². The Morgan fingerprint density at radius 1 is 0.514 bits per heavy atom. The fourth-order valence-corrected chi connectivity index (χ4v) is 4.93. The average Bonchev–Trinajstić information content (AvgIpc) is 3.69. The zero-order valence-corrected chi connectivity index (χ0v) is 19.4. The second-order valence-electron chi connectivity index (χ2n) is 8.83. The number of rotatable bonds is 4. The third kappa shape index (κ3) is 3.07. The number of nitrogens with zero attached hydrogens (tertiary/aromatic N) is 4. The van der Waals surface area contributed by atoms with Crippen LogP contribution in [0.15, 0.2) is 118 Å². The predicted octanol–water partition coefficient (Wildman–Crippen LogP) is 7.65. The number of para-hydroxylation sites is 2. The molecule has 4 aromatic heterocycles. The van der Waals surface area contributed by atoms with Gasteiger partial charge in [0.2, 0.25) is 0 Å². The highest BCUT2D eigenvalue weighted by molar-refractivity contribution is 6.04. The molecule has 0 saturated heterocycles. The second-order valence-corrected chi connectivity index (χ2v) is 8.83. The summed E-state index contributed by atoms with van der Waals surface area (Å²) in [7, 11) is 0. The normalized spacial score (nSPS) is 11.8. The largest absolute Gasteiger partial charge is 0.457 e. The molecule has 37 heavy (non-hydrogen) atoms. The zero-order valence-electron chi connectivity index (χ0n) is 19.4. The molecule has 0 unspecified atom stereocenters. The van der Waals surface area contributed by atoms with E-state index in [1.807, 2.05) is 106 Å². The van der Waals surface area contributed by atoms with Gasteiger partial charge in [-0.05, 0) is 48.5 Å². The number of ether oxygens (including phenoxy) is 1. The lowest BCUT2D eigenvalue weighted by Gasteiger charge is -2.10. The summed E-state index contributed by atoms with van der Waals surface area (Å²) in [5.41, 5.74) is 6.81. The maximum atomic E-state index is 6.29. The zero-order chi connectivity index (χ0) is 24.3. The molecule has 0 atom stereocenters. The third-order valence-corrected chi connectivity index (χ3v) is 6.56. The standard InChI is InChI=1S/C30H18N4O3/c1-3-13-25-23(11-1)29-27(36-25)17-31-33(29)19-7-5-9-21(15-19)35-22-10-6-8-20(16-22)34-30-24-12-2-4-14-26(24)37-28(30)18-32-34/h1-18H. The van der Waals surface area contributed by atoms with E-state index in [2.05, 4.69) is 10.2 Å². The average molecular weight is 482 g/mol. The van der Waals surface area contributed by atoms with Crippen LogP contribution in [0.1, 0.15) is 0 Å². The fourth-order valence-electron chi connectivity index (χ4n) is 4.93. The van der Waals surface area contributed by atoms with E-state index in [0.717, 1.165) is 55.5 Å². The van der Waals surface area contributed by atoms with Gasteiger partial charge in [-0.15, -0.1) is 0 Å². The van der Waals surface area contributed by atoms with Crippen molar-refractivity contribution in [2.45, 2.75) is 0 Å². The highest BCUT2D eigenvalue weighted by atomic mass is 16.5. The number of aromatic nitrogens is 4. The van der Waals surface area contributed by atoms with Crippen molar-refractivity contribution in [3.05, 3.63) is 109 Å². The molecule has 0 aliphatic heterocycles. The van der Waals surface area contributed by atoms with Gasteiger partial charge < -0.3 is 13.6 Å². The molecule has 0 spiro atoms. The molecule has 0 radical (unpaired) electrons. The van der Waals surface area contributed by atoms with Gasteiger partial charge in [-0.3, -0.25) is 0 Å². The van der Waals surface area contributed by atoms with Crippen molar-refractivity contribution in [3.8, 4) is 22.9 Å². The molecule has 0 amide bonds. The summed E-state index contributed by atoms with van der Waals surface area (Å²) in [6.45, 7) is 0. The minimum Gasteiger partial charge on any atom is -0.457 e. The molecular formula is C30H18N4O3. The molecule has 8 aromatic rings. The van der Waals surface area contributed by atoms with Crippen LogP contribution >= 0.6 is 0 Å². The molecule has 7 nitrogen and oxygen atoms in total. The van der Waals surface area contributed by atoms with Gasteiger partial charge in [-0.1, -0.05) is 36.4 Å². The summed E-state index contributed by atoms with van der Waals surface area (Å²) in [5.74, 6) is 1.40. The van der Waals surface area contributed by atoms with Crippen LogP contribution in [0.5, 0.6) is 11.5 Å². The molecule has 0 aliphatic rings. The highest BCUT2D eigenvalue weighted by Gasteiger charge is 2.16. The molecule has 0 aliphatic carbocycles. The van der Waals surface area contributed by atoms with Crippen molar-refractivity contribution < 1.29 is 13.6 Å². The summed E-state index contributed by atoms with van der Waals surface area (Å²) in [6, 6.07) is 31.7. The number of fused-ring (bicyclic) bond motifs is 6. The molecule has 7 heteroatoms. The molecule has 0 N–H and O–H groups in total. The van der Waals surface area contributed by atoms with Crippen molar-refractivity contribution in [3.63, 3.8) is 0 Å². The third-order valence-electron chi connectivity index (χ3n) is 6.56. The van der Waals surface area contributed by atoms with Crippen LogP contribution < -0.4 is 4.74 Å². The van der Waals surface area contributed by atoms with Crippen molar-refractivity contribution >= 4 is 44.1 Å². The second kappa shape index (κ2) is 7.60. The molecule has 4 heterocycles. The monoisotopic (exact) mass is 482 g/mol. The molecule has 176 valence electrons. The fraction of sp³-hybridized carbons (Fsp3) is 0. The Morgan fingerprint density at radius 3 is 1.51 bits per heavy atom. The molecule has 8 rings (SSSR count). The van der Waals surface area contributed by atoms with Crippen LogP contribution in [0.25, 0.3) is 55.5 Å². The van der Waals surface area contributed by atoms with Gasteiger partial charge in [0.15, 0.2) is 11.2 Å². The molecule has 0 fully saturated rings. The smallest absolute Gasteiger partial charge is 0.173 e. The van der Waals surface area contributed by atoms with E-state index in [9.17, 15) is 0 Å². The summed E-state index contributed by atoms with van der Waals surface area (Å²) < 4.78 is 22.0. The van der Waals surface area contributed by atoms with E-state index < -0.39 is 0 Å². The Balaban J connectivity index is 1.17. The Labute approximate surface area is 209 Å². The number of hydrogen-bond acceptors (Lipinski definition) is 5. The summed E-state index contributed by atoms with van der Waals surface area (Å²) in [6.07, 6.45) is 3.49. The highest BCUT2D eigenvalue weighted by Crippen LogP contribution is 2.33. The Bertz CT molecular complexity index is 1940. The quantitative estimate of drug-likeness (QED) is 0.258. The maximum absolute atomic E-state index is 6.29. The van der Waals surface area contributed by atoms with Gasteiger partial charge in [-0.25, -0.2) is 9.36 Å². The topological polar surface area (TPSA) is 71.2 Å². The Kier molecular flexibility index (Phi) is 4.10. The first kappa shape index (κ1) is 19.9. The molecule has 4 aromatic carbocycles. The summed E-state index contributed by atoms with van der Waals surface area (Å²) in [5, 5.41) is 11.2. The lowest BCUT2D eigenvalue weighted by Crippen LogP contribution is -1.97. The first-order valence-corrected chi connectivity index (χ1v) is 11.9. The van der Waals surface area contributed by atoms with Gasteiger partial charge >= 0.3 is 0 Å². The molecule has 0 saturated carbocycles. The van der Waals surface area contributed by atoms with Crippen LogP contribution in [0.2, 0.25) is 0 Å². The summed E-state index contributed by atoms with van der Waals surface area (Å²) >= 11 is 0. The van der Waals surface area contributed by atoms with Crippen LogP contribution in [-0.4, -0.2) is 19.6 Å². The van der Waals surface area contributed by atoms with Crippen LogP contribution in [0, 0.1) is 0 Å². The molecule has 0 bridgehead atoms. The number of furan rings is 2. The number of hydrogen-bond donors (Lipinski definition) is 0. The number of benzene rings is 4. The Hall–Kier alpha value is -5.30. The minimum absolute atomic E-state index is 0.700. The van der Waals surface area contributed by atoms with Gasteiger partial charge in [0.05, 0.1) is 23.8 Å². The minimum atomic E-state index is 0.700.